The number of rotatable bonds is 2. The molecule has 1 nitrogen and oxygen atoms in total. The van der Waals surface area contributed by atoms with Crippen molar-refractivity contribution in [3.05, 3.63) is 34.3 Å². The highest BCUT2D eigenvalue weighted by atomic mass is 79.9. The fraction of sp³-hybridized carbons (Fsp3) is 0.364. The van der Waals surface area contributed by atoms with E-state index >= 15 is 0 Å². The first-order chi connectivity index (χ1) is 6.65. The molecule has 0 aliphatic heterocycles. The number of benzene rings is 1. The van der Waals surface area contributed by atoms with E-state index in [9.17, 15) is 0 Å². The van der Waals surface area contributed by atoms with Gasteiger partial charge in [-0.1, -0.05) is 46.7 Å². The van der Waals surface area contributed by atoms with Crippen LogP contribution < -0.4 is 5.73 Å². The van der Waals surface area contributed by atoms with E-state index in [-0.39, 0.29) is 5.41 Å². The molecule has 14 heavy (non-hydrogen) atoms. The summed E-state index contributed by atoms with van der Waals surface area (Å²) in [5.41, 5.74) is 7.08. The van der Waals surface area contributed by atoms with Gasteiger partial charge in [-0.2, -0.15) is 0 Å². The van der Waals surface area contributed by atoms with Crippen molar-refractivity contribution >= 4 is 33.1 Å². The average molecular weight is 270 g/mol. The van der Waals surface area contributed by atoms with Crippen LogP contribution in [0.2, 0.25) is 0 Å². The lowest BCUT2D eigenvalue weighted by molar-refractivity contribution is 0.342. The Bertz CT molecular complexity index is 354. The number of hydrogen-bond acceptors (Lipinski definition) is 1. The molecule has 2 N–H and O–H groups in total. The highest BCUT2D eigenvalue weighted by Crippen LogP contribution is 2.44. The standard InChI is InChI=1S/C11H12BrNS/c12-9-4-2-8(3-5-9)11(10(13)14)6-1-7-11/h2-5H,1,6-7H2,(H2,13,14). The number of halogens is 1. The minimum absolute atomic E-state index is 0.00394. The van der Waals surface area contributed by atoms with Gasteiger partial charge in [-0.3, -0.25) is 0 Å². The van der Waals surface area contributed by atoms with Gasteiger partial charge in [-0.15, -0.1) is 0 Å². The van der Waals surface area contributed by atoms with Gasteiger partial charge in [0.15, 0.2) is 0 Å². The Balaban J connectivity index is 2.37. The highest BCUT2D eigenvalue weighted by molar-refractivity contribution is 9.10. The van der Waals surface area contributed by atoms with E-state index < -0.39 is 0 Å². The minimum atomic E-state index is -0.00394. The normalized spacial score (nSPS) is 18.6. The van der Waals surface area contributed by atoms with Crippen LogP contribution in [0.1, 0.15) is 24.8 Å². The summed E-state index contributed by atoms with van der Waals surface area (Å²) in [5, 5.41) is 0. The lowest BCUT2D eigenvalue weighted by Crippen LogP contribution is -2.45. The van der Waals surface area contributed by atoms with Crippen LogP contribution in [0.4, 0.5) is 0 Å². The fourth-order valence-corrected chi connectivity index (χ4v) is 2.56. The molecule has 1 aliphatic rings. The maximum absolute atomic E-state index is 5.82. The summed E-state index contributed by atoms with van der Waals surface area (Å²) in [4.78, 5) is 0.645. The molecule has 0 bridgehead atoms. The van der Waals surface area contributed by atoms with Gasteiger partial charge in [0, 0.05) is 9.89 Å². The second kappa shape index (κ2) is 3.63. The smallest absolute Gasteiger partial charge is 0.0834 e. The van der Waals surface area contributed by atoms with E-state index in [2.05, 4.69) is 28.1 Å². The highest BCUT2D eigenvalue weighted by Gasteiger charge is 2.41. The molecule has 1 aromatic carbocycles. The van der Waals surface area contributed by atoms with E-state index in [1.54, 1.807) is 0 Å². The summed E-state index contributed by atoms with van der Waals surface area (Å²) in [5.74, 6) is 0. The molecule has 1 aliphatic carbocycles. The topological polar surface area (TPSA) is 26.0 Å². The number of thiocarbonyl (C=S) groups is 1. The van der Waals surface area contributed by atoms with Gasteiger partial charge in [0.2, 0.25) is 0 Å². The van der Waals surface area contributed by atoms with Crippen molar-refractivity contribution in [2.45, 2.75) is 24.7 Å². The molecule has 1 aromatic rings. The van der Waals surface area contributed by atoms with Crippen LogP contribution in [0.15, 0.2) is 28.7 Å². The van der Waals surface area contributed by atoms with Crippen molar-refractivity contribution in [2.24, 2.45) is 5.73 Å². The van der Waals surface area contributed by atoms with Crippen LogP contribution in [0.25, 0.3) is 0 Å². The average Bonchev–Trinajstić information content (AvgIpc) is 2.05. The van der Waals surface area contributed by atoms with Crippen molar-refractivity contribution < 1.29 is 0 Å². The molecule has 0 saturated heterocycles. The summed E-state index contributed by atoms with van der Waals surface area (Å²) in [7, 11) is 0. The predicted octanol–water partition coefficient (Wildman–Crippen LogP) is 3.16. The molecule has 0 heterocycles. The zero-order valence-electron chi connectivity index (χ0n) is 7.79. The lowest BCUT2D eigenvalue weighted by Gasteiger charge is -2.41. The van der Waals surface area contributed by atoms with Crippen LogP contribution >= 0.6 is 28.1 Å². The van der Waals surface area contributed by atoms with Crippen molar-refractivity contribution in [3.8, 4) is 0 Å². The first kappa shape index (κ1) is 10.1. The van der Waals surface area contributed by atoms with Crippen molar-refractivity contribution in [1.82, 2.24) is 0 Å². The third-order valence-corrected chi connectivity index (χ3v) is 3.99. The van der Waals surface area contributed by atoms with Crippen LogP contribution in [0.5, 0.6) is 0 Å². The van der Waals surface area contributed by atoms with Crippen LogP contribution in [-0.4, -0.2) is 4.99 Å². The number of hydrogen-bond donors (Lipinski definition) is 1. The van der Waals surface area contributed by atoms with Gasteiger partial charge in [-0.25, -0.2) is 0 Å². The third kappa shape index (κ3) is 1.48. The van der Waals surface area contributed by atoms with Gasteiger partial charge in [0.1, 0.15) is 0 Å². The summed E-state index contributed by atoms with van der Waals surface area (Å²) >= 11 is 8.59. The molecule has 2 rings (SSSR count). The minimum Gasteiger partial charge on any atom is -0.393 e. The van der Waals surface area contributed by atoms with E-state index in [4.69, 9.17) is 18.0 Å². The molecule has 0 radical (unpaired) electrons. The molecular formula is C11H12BrNS. The predicted molar refractivity (Wildman–Crippen MR) is 66.5 cm³/mol. The Kier molecular flexibility index (Phi) is 2.62. The SMILES string of the molecule is NC(=S)C1(c2ccc(Br)cc2)CCC1. The molecule has 0 spiro atoms. The number of nitrogens with two attached hydrogens (primary N) is 1. The maximum atomic E-state index is 5.82. The Hall–Kier alpha value is -0.410. The summed E-state index contributed by atoms with van der Waals surface area (Å²) in [6.45, 7) is 0. The van der Waals surface area contributed by atoms with E-state index in [0.29, 0.717) is 4.99 Å². The molecule has 74 valence electrons. The van der Waals surface area contributed by atoms with Crippen LogP contribution in [-0.2, 0) is 5.41 Å². The zero-order chi connectivity index (χ0) is 10.2. The second-order valence-corrected chi connectivity index (χ2v) is 5.16. The fourth-order valence-electron chi connectivity index (χ4n) is 1.98. The molecule has 3 heteroatoms. The van der Waals surface area contributed by atoms with Gasteiger partial charge in [0.25, 0.3) is 0 Å². The molecule has 0 aromatic heterocycles. The van der Waals surface area contributed by atoms with Gasteiger partial charge in [0.05, 0.1) is 4.99 Å². The van der Waals surface area contributed by atoms with Gasteiger partial charge < -0.3 is 5.73 Å². The van der Waals surface area contributed by atoms with E-state index in [1.807, 2.05) is 12.1 Å². The summed E-state index contributed by atoms with van der Waals surface area (Å²) in [6, 6.07) is 8.33. The van der Waals surface area contributed by atoms with Gasteiger partial charge in [-0.05, 0) is 30.5 Å². The van der Waals surface area contributed by atoms with Crippen LogP contribution in [0, 0.1) is 0 Å². The molecule has 0 atom stereocenters. The monoisotopic (exact) mass is 269 g/mol. The first-order valence-electron chi connectivity index (χ1n) is 4.71. The Morgan fingerprint density at radius 2 is 1.86 bits per heavy atom. The molecule has 1 saturated carbocycles. The van der Waals surface area contributed by atoms with Crippen molar-refractivity contribution in [2.75, 3.05) is 0 Å². The second-order valence-electron chi connectivity index (χ2n) is 3.81. The third-order valence-electron chi connectivity index (χ3n) is 3.08. The first-order valence-corrected chi connectivity index (χ1v) is 5.91. The van der Waals surface area contributed by atoms with Crippen molar-refractivity contribution in [3.63, 3.8) is 0 Å². The maximum Gasteiger partial charge on any atom is 0.0834 e. The summed E-state index contributed by atoms with van der Waals surface area (Å²) in [6.07, 6.45) is 3.43. The Morgan fingerprint density at radius 1 is 1.29 bits per heavy atom. The largest absolute Gasteiger partial charge is 0.393 e. The molecule has 1 fully saturated rings. The molecule has 0 unspecified atom stereocenters. The van der Waals surface area contributed by atoms with Crippen molar-refractivity contribution in [1.29, 1.82) is 0 Å². The van der Waals surface area contributed by atoms with Gasteiger partial charge >= 0.3 is 0 Å². The molecule has 0 amide bonds. The summed E-state index contributed by atoms with van der Waals surface area (Å²) < 4.78 is 1.10. The Morgan fingerprint density at radius 3 is 2.21 bits per heavy atom. The van der Waals surface area contributed by atoms with E-state index in [0.717, 1.165) is 17.3 Å². The lowest BCUT2D eigenvalue weighted by atomic mass is 9.64. The Labute approximate surface area is 97.8 Å². The quantitative estimate of drug-likeness (QED) is 0.835. The zero-order valence-corrected chi connectivity index (χ0v) is 10.2. The van der Waals surface area contributed by atoms with Crippen LogP contribution in [0.3, 0.4) is 0 Å². The van der Waals surface area contributed by atoms with E-state index in [1.165, 1.54) is 12.0 Å². The molecular weight excluding hydrogens is 258 g/mol.